The first-order valence-electron chi connectivity index (χ1n) is 5.31. The van der Waals surface area contributed by atoms with Gasteiger partial charge in [0.05, 0.1) is 10.6 Å². The number of non-ortho nitro benzene ring substituents is 1. The van der Waals surface area contributed by atoms with Gasteiger partial charge in [0, 0.05) is 18.3 Å². The molecule has 19 heavy (non-hydrogen) atoms. The predicted octanol–water partition coefficient (Wildman–Crippen LogP) is 2.56. The maximum absolute atomic E-state index is 12.7. The number of hydrogen-bond donors (Lipinski definition) is 0. The van der Waals surface area contributed by atoms with Crippen LogP contribution in [0.15, 0.2) is 47.5 Å². The Morgan fingerprint density at radius 2 is 1.84 bits per heavy atom. The van der Waals surface area contributed by atoms with E-state index in [-0.39, 0.29) is 22.8 Å². The number of nitrogens with zero attached hydrogens (tertiary/aromatic N) is 2. The molecule has 2 aromatic carbocycles. The van der Waals surface area contributed by atoms with Crippen LogP contribution in [0.5, 0.6) is 5.75 Å². The van der Waals surface area contributed by atoms with Crippen molar-refractivity contribution in [1.82, 2.24) is 0 Å². The third kappa shape index (κ3) is 3.12. The van der Waals surface area contributed by atoms with Crippen LogP contribution >= 0.6 is 0 Å². The molecule has 0 unspecified atom stereocenters. The first-order valence-corrected chi connectivity index (χ1v) is 5.31. The zero-order valence-corrected chi connectivity index (χ0v) is 9.62. The van der Waals surface area contributed by atoms with Gasteiger partial charge in [-0.1, -0.05) is 11.8 Å². The second-order valence-corrected chi connectivity index (χ2v) is 3.71. The Morgan fingerprint density at radius 1 is 1.16 bits per heavy atom. The molecule has 0 aromatic heterocycles. The van der Waals surface area contributed by atoms with E-state index in [0.717, 1.165) is 18.2 Å². The largest absolute Gasteiger partial charge is 0.872 e. The van der Waals surface area contributed by atoms with Crippen molar-refractivity contribution in [1.29, 1.82) is 0 Å². The topological polar surface area (TPSA) is 78.6 Å². The lowest BCUT2D eigenvalue weighted by atomic mass is 10.2. The predicted molar refractivity (Wildman–Crippen MR) is 66.2 cm³/mol. The number of nitro groups is 1. The lowest BCUT2D eigenvalue weighted by Crippen LogP contribution is -1.98. The molecular weight excluding hydrogens is 251 g/mol. The molecule has 2 aromatic rings. The minimum Gasteiger partial charge on any atom is -0.872 e. The SMILES string of the molecule is O=[N+]([O-])c1ccc([O-])c(C=Nc2ccc(F)cc2)c1. The van der Waals surface area contributed by atoms with Crippen molar-refractivity contribution in [3.05, 3.63) is 64.0 Å². The minimum atomic E-state index is -0.589. The van der Waals surface area contributed by atoms with Crippen LogP contribution in [-0.4, -0.2) is 11.1 Å². The second kappa shape index (κ2) is 5.26. The van der Waals surface area contributed by atoms with E-state index < -0.39 is 4.92 Å². The highest BCUT2D eigenvalue weighted by atomic mass is 19.1. The molecule has 0 N–H and O–H groups in total. The maximum Gasteiger partial charge on any atom is 0.270 e. The fraction of sp³-hybridized carbons (Fsp3) is 0. The van der Waals surface area contributed by atoms with Gasteiger partial charge in [-0.3, -0.25) is 15.1 Å². The van der Waals surface area contributed by atoms with Crippen LogP contribution in [0.1, 0.15) is 5.56 Å². The van der Waals surface area contributed by atoms with Crippen molar-refractivity contribution >= 4 is 17.6 Å². The molecule has 0 aliphatic heterocycles. The van der Waals surface area contributed by atoms with Crippen LogP contribution in [0.2, 0.25) is 0 Å². The van der Waals surface area contributed by atoms with E-state index in [9.17, 15) is 19.6 Å². The first kappa shape index (κ1) is 12.7. The maximum atomic E-state index is 12.7. The molecule has 0 saturated carbocycles. The third-order valence-electron chi connectivity index (χ3n) is 2.38. The highest BCUT2D eigenvalue weighted by molar-refractivity contribution is 5.86. The van der Waals surface area contributed by atoms with E-state index in [1.54, 1.807) is 0 Å². The molecule has 0 radical (unpaired) electrons. The molecule has 0 amide bonds. The Balaban J connectivity index is 2.29. The molecule has 0 bridgehead atoms. The number of aliphatic imine (C=N–C) groups is 1. The Morgan fingerprint density at radius 3 is 2.47 bits per heavy atom. The molecule has 0 saturated heterocycles. The molecule has 6 heteroatoms. The number of halogens is 1. The monoisotopic (exact) mass is 259 g/mol. The molecule has 0 spiro atoms. The molecule has 5 nitrogen and oxygen atoms in total. The Hall–Kier alpha value is -2.76. The van der Waals surface area contributed by atoms with Gasteiger partial charge in [0.2, 0.25) is 0 Å². The van der Waals surface area contributed by atoms with Crippen LogP contribution in [0.25, 0.3) is 0 Å². The summed E-state index contributed by atoms with van der Waals surface area (Å²) in [4.78, 5) is 14.0. The van der Waals surface area contributed by atoms with Crippen molar-refractivity contribution in [3.63, 3.8) is 0 Å². The molecule has 0 aliphatic rings. The minimum absolute atomic E-state index is 0.110. The molecule has 0 fully saturated rings. The lowest BCUT2D eigenvalue weighted by Gasteiger charge is -2.08. The van der Waals surface area contributed by atoms with Crippen LogP contribution in [0.4, 0.5) is 15.8 Å². The summed E-state index contributed by atoms with van der Waals surface area (Å²) in [6.07, 6.45) is 1.22. The quantitative estimate of drug-likeness (QED) is 0.482. The van der Waals surface area contributed by atoms with Gasteiger partial charge in [0.15, 0.2) is 0 Å². The smallest absolute Gasteiger partial charge is 0.270 e. The Kier molecular flexibility index (Phi) is 3.51. The standard InChI is InChI=1S/C13H9FN2O3/c14-10-1-3-11(4-2-10)15-8-9-7-12(16(18)19)5-6-13(9)17/h1-8,17H/p-1. The zero-order valence-electron chi connectivity index (χ0n) is 9.62. The van der Waals surface area contributed by atoms with E-state index in [1.807, 2.05) is 0 Å². The summed E-state index contributed by atoms with van der Waals surface area (Å²) >= 11 is 0. The molecule has 2 rings (SSSR count). The van der Waals surface area contributed by atoms with Crippen LogP contribution in [0, 0.1) is 15.9 Å². The van der Waals surface area contributed by atoms with Crippen molar-refractivity contribution < 1.29 is 14.4 Å². The average molecular weight is 259 g/mol. The van der Waals surface area contributed by atoms with Crippen molar-refractivity contribution in [2.75, 3.05) is 0 Å². The third-order valence-corrected chi connectivity index (χ3v) is 2.38. The van der Waals surface area contributed by atoms with E-state index in [0.29, 0.717) is 5.69 Å². The van der Waals surface area contributed by atoms with E-state index >= 15 is 0 Å². The van der Waals surface area contributed by atoms with Gasteiger partial charge in [-0.15, -0.1) is 0 Å². The normalized spacial score (nSPS) is 10.8. The zero-order chi connectivity index (χ0) is 13.8. The summed E-state index contributed by atoms with van der Waals surface area (Å²) in [6.45, 7) is 0. The Bertz CT molecular complexity index is 639. The first-order chi connectivity index (χ1) is 9.06. The van der Waals surface area contributed by atoms with Crippen molar-refractivity contribution in [3.8, 4) is 5.75 Å². The molecule has 0 atom stereocenters. The van der Waals surface area contributed by atoms with Gasteiger partial charge in [-0.2, -0.15) is 0 Å². The molecule has 96 valence electrons. The van der Waals surface area contributed by atoms with E-state index in [4.69, 9.17) is 0 Å². The summed E-state index contributed by atoms with van der Waals surface area (Å²) in [6, 6.07) is 8.74. The summed E-state index contributed by atoms with van der Waals surface area (Å²) in [5, 5.41) is 22.1. The number of rotatable bonds is 3. The highest BCUT2D eigenvalue weighted by Crippen LogP contribution is 2.20. The summed E-state index contributed by atoms with van der Waals surface area (Å²) < 4.78 is 12.7. The van der Waals surface area contributed by atoms with Gasteiger partial charge in [0.25, 0.3) is 5.69 Å². The fourth-order valence-corrected chi connectivity index (χ4v) is 1.42. The summed E-state index contributed by atoms with van der Waals surface area (Å²) in [5.74, 6) is -0.754. The van der Waals surface area contributed by atoms with E-state index in [1.165, 1.54) is 30.5 Å². The molecular formula is C13H8FN2O3-. The number of nitro benzene ring substituents is 1. The van der Waals surface area contributed by atoms with Crippen LogP contribution in [-0.2, 0) is 0 Å². The average Bonchev–Trinajstić information content (AvgIpc) is 2.39. The van der Waals surface area contributed by atoms with Gasteiger partial charge in [-0.25, -0.2) is 4.39 Å². The fourth-order valence-electron chi connectivity index (χ4n) is 1.42. The lowest BCUT2D eigenvalue weighted by molar-refractivity contribution is -0.385. The van der Waals surface area contributed by atoms with Crippen molar-refractivity contribution in [2.45, 2.75) is 0 Å². The van der Waals surface area contributed by atoms with Gasteiger partial charge in [0.1, 0.15) is 5.82 Å². The van der Waals surface area contributed by atoms with Crippen LogP contribution in [0.3, 0.4) is 0 Å². The van der Waals surface area contributed by atoms with Crippen molar-refractivity contribution in [2.24, 2.45) is 4.99 Å². The molecule has 0 heterocycles. The summed E-state index contributed by atoms with van der Waals surface area (Å²) in [7, 11) is 0. The highest BCUT2D eigenvalue weighted by Gasteiger charge is 2.05. The number of hydrogen-bond acceptors (Lipinski definition) is 4. The summed E-state index contributed by atoms with van der Waals surface area (Å²) in [5.41, 5.74) is 0.381. The Labute approximate surface area is 107 Å². The van der Waals surface area contributed by atoms with Crippen LogP contribution < -0.4 is 5.11 Å². The van der Waals surface area contributed by atoms with Gasteiger partial charge < -0.3 is 5.11 Å². The van der Waals surface area contributed by atoms with Gasteiger partial charge in [-0.05, 0) is 29.8 Å². The van der Waals surface area contributed by atoms with Gasteiger partial charge >= 0.3 is 0 Å². The molecule has 0 aliphatic carbocycles. The number of benzene rings is 2. The second-order valence-electron chi connectivity index (χ2n) is 3.71. The van der Waals surface area contributed by atoms with E-state index in [2.05, 4.69) is 4.99 Å².